The molecule has 0 saturated heterocycles. The third kappa shape index (κ3) is 4.79. The molecule has 1 rings (SSSR count). The number of amides is 1. The molecule has 0 spiro atoms. The van der Waals surface area contributed by atoms with Gasteiger partial charge >= 0.3 is 0 Å². The second-order valence-electron chi connectivity index (χ2n) is 3.58. The molecule has 1 aromatic heterocycles. The maximum Gasteiger partial charge on any atom is 0.271 e. The molecule has 7 heteroatoms. The van der Waals surface area contributed by atoms with Gasteiger partial charge in [-0.2, -0.15) is 0 Å². The summed E-state index contributed by atoms with van der Waals surface area (Å²) in [6.45, 7) is 2.33. The summed E-state index contributed by atoms with van der Waals surface area (Å²) in [6, 6.07) is 0. The molecule has 5 nitrogen and oxygen atoms in total. The van der Waals surface area contributed by atoms with Gasteiger partial charge in [0.2, 0.25) is 0 Å². The first-order valence-corrected chi connectivity index (χ1v) is 7.08. The first kappa shape index (κ1) is 14.1. The molecule has 0 aliphatic carbocycles. The molecule has 0 aromatic carbocycles. The van der Waals surface area contributed by atoms with Crippen LogP contribution >= 0.6 is 11.6 Å². The average molecular weight is 276 g/mol. The number of aromatic nitrogens is 2. The van der Waals surface area contributed by atoms with Crippen molar-refractivity contribution in [2.75, 3.05) is 12.8 Å². The molecule has 94 valence electrons. The zero-order valence-corrected chi connectivity index (χ0v) is 11.2. The second-order valence-corrected chi connectivity index (χ2v) is 5.77. The van der Waals surface area contributed by atoms with E-state index in [4.69, 9.17) is 11.6 Å². The Morgan fingerprint density at radius 1 is 1.59 bits per heavy atom. The number of carbonyl (C=O) groups excluding carboxylic acids is 1. The van der Waals surface area contributed by atoms with Gasteiger partial charge in [-0.15, -0.1) is 0 Å². The summed E-state index contributed by atoms with van der Waals surface area (Å²) in [4.78, 5) is 19.2. The number of nitrogens with one attached hydrogen (secondary N) is 1. The van der Waals surface area contributed by atoms with Crippen molar-refractivity contribution in [3.63, 3.8) is 0 Å². The fourth-order valence-corrected chi connectivity index (χ4v) is 1.69. The highest BCUT2D eigenvalue weighted by molar-refractivity contribution is 7.84. The minimum atomic E-state index is -0.874. The third-order valence-electron chi connectivity index (χ3n) is 2.24. The number of hydrogen-bond acceptors (Lipinski definition) is 4. The molecule has 1 aromatic rings. The van der Waals surface area contributed by atoms with Crippen LogP contribution in [0.25, 0.3) is 0 Å². The Morgan fingerprint density at radius 2 is 2.29 bits per heavy atom. The predicted octanol–water partition coefficient (Wildman–Crippen LogP) is 1.02. The van der Waals surface area contributed by atoms with E-state index in [9.17, 15) is 9.00 Å². The van der Waals surface area contributed by atoms with E-state index in [1.807, 2.05) is 6.92 Å². The van der Waals surface area contributed by atoms with Gasteiger partial charge in [0.05, 0.1) is 12.4 Å². The Balaban J connectivity index is 2.43. The summed E-state index contributed by atoms with van der Waals surface area (Å²) < 4.78 is 11.1. The Kier molecular flexibility index (Phi) is 5.50. The van der Waals surface area contributed by atoms with E-state index in [2.05, 4.69) is 15.3 Å². The molecule has 1 N–H and O–H groups in total. The smallest absolute Gasteiger partial charge is 0.271 e. The number of carbonyl (C=O) groups is 1. The minimum Gasteiger partial charge on any atom is -0.351 e. The van der Waals surface area contributed by atoms with Gasteiger partial charge in [-0.05, 0) is 6.42 Å². The van der Waals surface area contributed by atoms with Gasteiger partial charge in [0.25, 0.3) is 5.91 Å². The lowest BCUT2D eigenvalue weighted by molar-refractivity contribution is 0.0948. The van der Waals surface area contributed by atoms with Crippen molar-refractivity contribution in [2.24, 2.45) is 0 Å². The largest absolute Gasteiger partial charge is 0.351 e. The van der Waals surface area contributed by atoms with E-state index < -0.39 is 10.8 Å². The Hall–Kier alpha value is -1.01. The average Bonchev–Trinajstić information content (AvgIpc) is 2.28. The van der Waals surface area contributed by atoms with E-state index in [-0.39, 0.29) is 22.0 Å². The molecular formula is C10H14ClN3O2S. The molecule has 0 aliphatic heterocycles. The van der Waals surface area contributed by atoms with E-state index in [1.165, 1.54) is 12.4 Å². The summed E-state index contributed by atoms with van der Waals surface area (Å²) in [5.74, 6) is -0.325. The molecule has 0 aliphatic rings. The summed E-state index contributed by atoms with van der Waals surface area (Å²) >= 11 is 5.62. The maximum atomic E-state index is 11.6. The second kappa shape index (κ2) is 6.66. The third-order valence-corrected chi connectivity index (χ3v) is 3.79. The Labute approximate surface area is 107 Å². The monoisotopic (exact) mass is 275 g/mol. The highest BCUT2D eigenvalue weighted by Gasteiger charge is 2.10. The van der Waals surface area contributed by atoms with Gasteiger partial charge in [0.1, 0.15) is 10.8 Å². The van der Waals surface area contributed by atoms with E-state index in [1.54, 1.807) is 6.26 Å². The van der Waals surface area contributed by atoms with Crippen LogP contribution in [0, 0.1) is 0 Å². The van der Waals surface area contributed by atoms with Crippen molar-refractivity contribution in [1.29, 1.82) is 0 Å². The quantitative estimate of drug-likeness (QED) is 0.871. The highest BCUT2D eigenvalue weighted by Crippen LogP contribution is 2.02. The van der Waals surface area contributed by atoms with Crippen LogP contribution in [-0.4, -0.2) is 38.1 Å². The maximum absolute atomic E-state index is 11.6. The van der Waals surface area contributed by atoms with Crippen molar-refractivity contribution >= 4 is 28.3 Å². The van der Waals surface area contributed by atoms with Crippen LogP contribution in [0.5, 0.6) is 0 Å². The zero-order valence-electron chi connectivity index (χ0n) is 9.64. The Bertz CT molecular complexity index is 428. The zero-order chi connectivity index (χ0) is 12.8. The summed E-state index contributed by atoms with van der Waals surface area (Å²) in [5, 5.41) is 2.91. The van der Waals surface area contributed by atoms with Crippen molar-refractivity contribution < 1.29 is 9.00 Å². The molecule has 0 bridgehead atoms. The van der Waals surface area contributed by atoms with Crippen molar-refractivity contribution in [3.8, 4) is 0 Å². The van der Waals surface area contributed by atoms with Crippen LogP contribution in [0.4, 0.5) is 0 Å². The summed E-state index contributed by atoms with van der Waals surface area (Å²) in [7, 11) is -0.874. The number of halogens is 1. The first-order chi connectivity index (χ1) is 8.00. The van der Waals surface area contributed by atoms with Crippen LogP contribution in [0.2, 0.25) is 5.15 Å². The normalized spacial score (nSPS) is 14.1. The lowest BCUT2D eigenvalue weighted by Crippen LogP contribution is -2.28. The SMILES string of the molecule is CC(CCNC(=O)c1cncc(Cl)n1)S(C)=O. The predicted molar refractivity (Wildman–Crippen MR) is 67.5 cm³/mol. The van der Waals surface area contributed by atoms with Gasteiger partial charge in [-0.3, -0.25) is 14.0 Å². The van der Waals surface area contributed by atoms with Gasteiger partial charge in [-0.1, -0.05) is 18.5 Å². The lowest BCUT2D eigenvalue weighted by atomic mass is 10.3. The molecule has 17 heavy (non-hydrogen) atoms. The van der Waals surface area contributed by atoms with Crippen LogP contribution in [-0.2, 0) is 10.8 Å². The van der Waals surface area contributed by atoms with Crippen molar-refractivity contribution in [2.45, 2.75) is 18.6 Å². The van der Waals surface area contributed by atoms with Crippen LogP contribution < -0.4 is 5.32 Å². The van der Waals surface area contributed by atoms with Gasteiger partial charge in [0, 0.05) is 28.9 Å². The fourth-order valence-electron chi connectivity index (χ4n) is 1.10. The molecule has 2 atom stereocenters. The molecular weight excluding hydrogens is 262 g/mol. The molecule has 2 unspecified atom stereocenters. The first-order valence-electron chi connectivity index (χ1n) is 5.08. The van der Waals surface area contributed by atoms with E-state index >= 15 is 0 Å². The molecule has 0 radical (unpaired) electrons. The van der Waals surface area contributed by atoms with Crippen LogP contribution in [0.1, 0.15) is 23.8 Å². The summed E-state index contributed by atoms with van der Waals surface area (Å²) in [6.07, 6.45) is 5.01. The standard InChI is InChI=1S/C10H14ClN3O2S/c1-7(17(2)16)3-4-13-10(15)8-5-12-6-9(11)14-8/h5-7H,3-4H2,1-2H3,(H,13,15). The molecule has 0 saturated carbocycles. The molecule has 1 heterocycles. The van der Waals surface area contributed by atoms with Gasteiger partial charge in [-0.25, -0.2) is 4.98 Å². The van der Waals surface area contributed by atoms with Gasteiger partial charge in [0.15, 0.2) is 0 Å². The number of nitrogens with zero attached hydrogens (tertiary/aromatic N) is 2. The van der Waals surface area contributed by atoms with E-state index in [0.29, 0.717) is 13.0 Å². The lowest BCUT2D eigenvalue weighted by Gasteiger charge is -2.08. The Morgan fingerprint density at radius 3 is 2.88 bits per heavy atom. The van der Waals surface area contributed by atoms with Crippen LogP contribution in [0.15, 0.2) is 12.4 Å². The minimum absolute atomic E-state index is 0.0562. The fraction of sp³-hybridized carbons (Fsp3) is 0.500. The number of hydrogen-bond donors (Lipinski definition) is 1. The van der Waals surface area contributed by atoms with Crippen LogP contribution in [0.3, 0.4) is 0 Å². The van der Waals surface area contributed by atoms with Gasteiger partial charge < -0.3 is 5.32 Å². The number of rotatable bonds is 5. The van der Waals surface area contributed by atoms with E-state index in [0.717, 1.165) is 0 Å². The molecule has 1 amide bonds. The highest BCUT2D eigenvalue weighted by atomic mass is 35.5. The summed E-state index contributed by atoms with van der Waals surface area (Å²) in [5.41, 5.74) is 0.183. The molecule has 0 fully saturated rings. The van der Waals surface area contributed by atoms with Crippen molar-refractivity contribution in [3.05, 3.63) is 23.2 Å². The topological polar surface area (TPSA) is 72.0 Å². The van der Waals surface area contributed by atoms with Crippen molar-refractivity contribution in [1.82, 2.24) is 15.3 Å².